The van der Waals surface area contributed by atoms with Gasteiger partial charge in [-0.3, -0.25) is 14.9 Å². The highest BCUT2D eigenvalue weighted by Gasteiger charge is 2.15. The number of hydrogen-bond donors (Lipinski definition) is 1. The molecule has 0 saturated carbocycles. The van der Waals surface area contributed by atoms with Gasteiger partial charge in [0.25, 0.3) is 5.69 Å². The molecule has 1 aromatic carbocycles. The van der Waals surface area contributed by atoms with Crippen molar-refractivity contribution >= 4 is 23.1 Å². The predicted octanol–water partition coefficient (Wildman–Crippen LogP) is 1.74. The number of anilines is 1. The Balaban J connectivity index is 1.98. The van der Waals surface area contributed by atoms with Crippen LogP contribution in [0.4, 0.5) is 17.2 Å². The molecule has 0 spiro atoms. The van der Waals surface area contributed by atoms with Gasteiger partial charge in [-0.1, -0.05) is 0 Å². The fourth-order valence-corrected chi connectivity index (χ4v) is 1.90. The number of aromatic nitrogens is 2. The third-order valence-electron chi connectivity index (χ3n) is 3.05. The smallest absolute Gasteiger partial charge is 0.389 e. The molecule has 1 N–H and O–H groups in total. The van der Waals surface area contributed by atoms with Crippen LogP contribution in [0.15, 0.2) is 30.5 Å². The fourth-order valence-electron chi connectivity index (χ4n) is 1.90. The van der Waals surface area contributed by atoms with Crippen molar-refractivity contribution in [3.05, 3.63) is 50.7 Å². The number of methoxy groups -OCH3 is 1. The average molecular weight is 335 g/mol. The molecular formula is C13H13N5O6. The number of amides is 1. The highest BCUT2D eigenvalue weighted by Crippen LogP contribution is 2.29. The zero-order chi connectivity index (χ0) is 17.7. The van der Waals surface area contributed by atoms with Crippen LogP contribution < -0.4 is 10.1 Å². The van der Waals surface area contributed by atoms with Gasteiger partial charge in [0.05, 0.1) is 47.7 Å². The minimum Gasteiger partial charge on any atom is -0.494 e. The van der Waals surface area contributed by atoms with Gasteiger partial charge in [0, 0.05) is 12.5 Å². The second-order valence-electron chi connectivity index (χ2n) is 4.63. The van der Waals surface area contributed by atoms with Crippen LogP contribution in [-0.2, 0) is 11.3 Å². The monoisotopic (exact) mass is 335 g/mol. The van der Waals surface area contributed by atoms with E-state index in [0.717, 1.165) is 0 Å². The summed E-state index contributed by atoms with van der Waals surface area (Å²) in [6, 6.07) is 5.05. The van der Waals surface area contributed by atoms with Crippen molar-refractivity contribution in [1.82, 2.24) is 9.78 Å². The summed E-state index contributed by atoms with van der Waals surface area (Å²) in [5, 5.41) is 27.5. The lowest BCUT2D eigenvalue weighted by Gasteiger charge is -2.09. The van der Waals surface area contributed by atoms with Crippen LogP contribution in [0.25, 0.3) is 0 Å². The maximum atomic E-state index is 11.9. The van der Waals surface area contributed by atoms with Crippen molar-refractivity contribution < 1.29 is 19.4 Å². The van der Waals surface area contributed by atoms with E-state index >= 15 is 0 Å². The van der Waals surface area contributed by atoms with Crippen LogP contribution >= 0.6 is 0 Å². The van der Waals surface area contributed by atoms with E-state index in [-0.39, 0.29) is 36.1 Å². The first-order valence-corrected chi connectivity index (χ1v) is 6.71. The highest BCUT2D eigenvalue weighted by molar-refractivity contribution is 5.92. The molecule has 0 unspecified atom stereocenters. The molecule has 0 saturated heterocycles. The van der Waals surface area contributed by atoms with Crippen LogP contribution in [-0.4, -0.2) is 32.6 Å². The van der Waals surface area contributed by atoms with E-state index in [1.54, 1.807) is 0 Å². The first-order valence-electron chi connectivity index (χ1n) is 6.71. The minimum absolute atomic E-state index is 0.0129. The highest BCUT2D eigenvalue weighted by atomic mass is 16.6. The molecule has 2 aromatic rings. The lowest BCUT2D eigenvalue weighted by molar-refractivity contribution is -0.389. The van der Waals surface area contributed by atoms with E-state index in [0.29, 0.717) is 5.69 Å². The molecule has 0 aliphatic rings. The van der Waals surface area contributed by atoms with Crippen molar-refractivity contribution in [2.24, 2.45) is 0 Å². The first-order chi connectivity index (χ1) is 11.4. The summed E-state index contributed by atoms with van der Waals surface area (Å²) in [5.74, 6) is -0.528. The van der Waals surface area contributed by atoms with Gasteiger partial charge in [0.1, 0.15) is 5.75 Å². The van der Waals surface area contributed by atoms with Gasteiger partial charge in [0.15, 0.2) is 0 Å². The van der Waals surface area contributed by atoms with Gasteiger partial charge in [-0.15, -0.1) is 0 Å². The number of benzene rings is 1. The summed E-state index contributed by atoms with van der Waals surface area (Å²) >= 11 is 0. The Bertz CT molecular complexity index is 787. The number of nitro benzene ring substituents is 1. The second-order valence-corrected chi connectivity index (χ2v) is 4.63. The van der Waals surface area contributed by atoms with E-state index in [2.05, 4.69) is 10.4 Å². The Morgan fingerprint density at radius 2 is 2.04 bits per heavy atom. The quantitative estimate of drug-likeness (QED) is 0.599. The third kappa shape index (κ3) is 4.03. The number of rotatable bonds is 7. The minimum atomic E-state index is -0.627. The lowest BCUT2D eigenvalue weighted by atomic mass is 10.2. The Hall–Kier alpha value is -3.50. The summed E-state index contributed by atoms with van der Waals surface area (Å²) in [7, 11) is 1.33. The molecule has 0 radical (unpaired) electrons. The normalized spacial score (nSPS) is 10.2. The van der Waals surface area contributed by atoms with Gasteiger partial charge in [-0.05, 0) is 11.0 Å². The summed E-state index contributed by atoms with van der Waals surface area (Å²) < 4.78 is 6.30. The number of carbonyl (C=O) groups is 1. The molecule has 11 heteroatoms. The molecule has 0 atom stereocenters. The maximum Gasteiger partial charge on any atom is 0.389 e. The zero-order valence-corrected chi connectivity index (χ0v) is 12.5. The molecule has 0 aliphatic carbocycles. The first kappa shape index (κ1) is 16.9. The van der Waals surface area contributed by atoms with Crippen molar-refractivity contribution in [3.63, 3.8) is 0 Å². The molecular weight excluding hydrogens is 322 g/mol. The molecule has 1 aromatic heterocycles. The van der Waals surface area contributed by atoms with Crippen molar-refractivity contribution in [1.29, 1.82) is 0 Å². The fraction of sp³-hybridized carbons (Fsp3) is 0.231. The van der Waals surface area contributed by atoms with Crippen LogP contribution in [0.5, 0.6) is 5.75 Å². The Morgan fingerprint density at radius 3 is 2.62 bits per heavy atom. The van der Waals surface area contributed by atoms with Crippen molar-refractivity contribution in [2.45, 2.75) is 13.0 Å². The molecule has 0 aliphatic heterocycles. The number of nitrogens with zero attached hydrogens (tertiary/aromatic N) is 4. The molecule has 11 nitrogen and oxygen atoms in total. The van der Waals surface area contributed by atoms with E-state index in [4.69, 9.17) is 4.74 Å². The molecule has 0 fully saturated rings. The Labute approximate surface area is 135 Å². The zero-order valence-electron chi connectivity index (χ0n) is 12.5. The van der Waals surface area contributed by atoms with Crippen molar-refractivity contribution in [3.8, 4) is 5.75 Å². The van der Waals surface area contributed by atoms with E-state index < -0.39 is 9.85 Å². The van der Waals surface area contributed by atoms with Crippen LogP contribution in [0.1, 0.15) is 6.42 Å². The van der Waals surface area contributed by atoms with E-state index in [1.807, 2.05) is 0 Å². The predicted molar refractivity (Wildman–Crippen MR) is 81.8 cm³/mol. The van der Waals surface area contributed by atoms with Crippen LogP contribution in [0.3, 0.4) is 0 Å². The Morgan fingerprint density at radius 1 is 1.29 bits per heavy atom. The second kappa shape index (κ2) is 7.17. The molecule has 0 bridgehead atoms. The van der Waals surface area contributed by atoms with E-state index in [1.165, 1.54) is 42.3 Å². The third-order valence-corrected chi connectivity index (χ3v) is 3.05. The summed E-state index contributed by atoms with van der Waals surface area (Å²) in [6.07, 6.45) is 1.41. The molecule has 1 heterocycles. The number of nitrogens with one attached hydrogen (secondary N) is 1. The van der Waals surface area contributed by atoms with Gasteiger partial charge in [-0.2, -0.15) is 4.68 Å². The SMILES string of the molecule is COc1cc([N+](=O)[O-])ccc1NC(=O)CCn1ccc([N+](=O)[O-])n1. The molecule has 126 valence electrons. The standard InChI is InChI=1S/C13H13N5O6/c1-24-11-8-9(17(20)21)2-3-10(11)14-13(19)5-7-16-6-4-12(15-16)18(22)23/h2-4,6,8H,5,7H2,1H3,(H,14,19). The number of non-ortho nitro benzene ring substituents is 1. The van der Waals surface area contributed by atoms with Crippen LogP contribution in [0, 0.1) is 20.2 Å². The average Bonchev–Trinajstić information content (AvgIpc) is 3.02. The topological polar surface area (TPSA) is 142 Å². The van der Waals surface area contributed by atoms with Gasteiger partial charge in [0.2, 0.25) is 5.91 Å². The maximum absolute atomic E-state index is 11.9. The molecule has 1 amide bonds. The number of carbonyl (C=O) groups excluding carboxylic acids is 1. The number of nitro groups is 2. The summed E-state index contributed by atoms with van der Waals surface area (Å²) in [5.41, 5.74) is 0.133. The van der Waals surface area contributed by atoms with Gasteiger partial charge >= 0.3 is 5.82 Å². The van der Waals surface area contributed by atoms with Gasteiger partial charge in [-0.25, -0.2) is 0 Å². The van der Waals surface area contributed by atoms with E-state index in [9.17, 15) is 25.0 Å². The summed E-state index contributed by atoms with van der Waals surface area (Å²) in [4.78, 5) is 32.0. The molecule has 24 heavy (non-hydrogen) atoms. The van der Waals surface area contributed by atoms with Crippen molar-refractivity contribution in [2.75, 3.05) is 12.4 Å². The largest absolute Gasteiger partial charge is 0.494 e. The van der Waals surface area contributed by atoms with Crippen LogP contribution in [0.2, 0.25) is 0 Å². The number of aryl methyl sites for hydroxylation is 1. The van der Waals surface area contributed by atoms with Gasteiger partial charge < -0.3 is 20.2 Å². The Kier molecular flexibility index (Phi) is 5.04. The number of hydrogen-bond acceptors (Lipinski definition) is 7. The number of ether oxygens (including phenoxy) is 1. The molecule has 2 rings (SSSR count). The lowest BCUT2D eigenvalue weighted by Crippen LogP contribution is -2.15. The summed E-state index contributed by atoms with van der Waals surface area (Å²) in [6.45, 7) is 0.148.